The summed E-state index contributed by atoms with van der Waals surface area (Å²) in [5.41, 5.74) is 6.15. The third-order valence-corrected chi connectivity index (χ3v) is 5.04. The first kappa shape index (κ1) is 20.8. The average molecular weight is 434 g/mol. The van der Waals surface area contributed by atoms with Crippen molar-refractivity contribution in [2.45, 2.75) is 6.23 Å². The van der Waals surface area contributed by atoms with Crippen molar-refractivity contribution in [3.8, 4) is 5.95 Å². The molecule has 156 valence electrons. The molecule has 0 saturated heterocycles. The highest BCUT2D eigenvalue weighted by atomic mass is 35.5. The van der Waals surface area contributed by atoms with Crippen LogP contribution in [0.2, 0.25) is 5.02 Å². The number of nitrogens with zero attached hydrogens (tertiary/aromatic N) is 3. The molecule has 0 amide bonds. The Morgan fingerprint density at radius 1 is 1.29 bits per heavy atom. The largest absolute Gasteiger partial charge is 0.362 e. The van der Waals surface area contributed by atoms with Crippen molar-refractivity contribution in [2.24, 2.45) is 0 Å². The van der Waals surface area contributed by atoms with Crippen LogP contribution in [0.25, 0.3) is 11.5 Å². The summed E-state index contributed by atoms with van der Waals surface area (Å²) in [5, 5.41) is 7.98. The second-order valence-electron chi connectivity index (χ2n) is 6.71. The first-order valence-corrected chi connectivity index (χ1v) is 9.98. The van der Waals surface area contributed by atoms with Crippen LogP contribution >= 0.6 is 11.6 Å². The van der Waals surface area contributed by atoms with E-state index < -0.39 is 6.23 Å². The zero-order valence-electron chi connectivity index (χ0n) is 16.7. The van der Waals surface area contributed by atoms with E-state index in [0.717, 1.165) is 16.7 Å². The standard InChI is InChI=1S/C23H20ClN5O2/c1-31-22(19-15-26-23(28-21(19)30)29-13-5-12-27-29)25-14-16-6-4-7-17(11-10-16)18-8-2-3-9-20(18)24/h2-5,7-13,15,22,25H,14H2,1H3,(H,26,28,30). The summed E-state index contributed by atoms with van der Waals surface area (Å²) in [6.07, 6.45) is 11.9. The van der Waals surface area contributed by atoms with E-state index in [0.29, 0.717) is 23.1 Å². The molecule has 1 aromatic carbocycles. The van der Waals surface area contributed by atoms with E-state index in [2.05, 4.69) is 26.1 Å². The van der Waals surface area contributed by atoms with Gasteiger partial charge in [0.1, 0.15) is 6.23 Å². The van der Waals surface area contributed by atoms with E-state index in [4.69, 9.17) is 16.3 Å². The summed E-state index contributed by atoms with van der Waals surface area (Å²) in [4.78, 5) is 19.5. The molecule has 1 unspecified atom stereocenters. The molecule has 1 aliphatic carbocycles. The van der Waals surface area contributed by atoms with Gasteiger partial charge in [-0.05, 0) is 35.9 Å². The van der Waals surface area contributed by atoms with E-state index in [-0.39, 0.29) is 5.56 Å². The SMILES string of the molecule is COC(NCC1=C=CC=C(c2ccccc2Cl)C=C1)c1cnc(-n2cccn2)[nH]c1=O. The van der Waals surface area contributed by atoms with Crippen molar-refractivity contribution in [3.05, 3.63) is 111 Å². The molecule has 0 radical (unpaired) electrons. The third kappa shape index (κ3) is 4.82. The van der Waals surface area contributed by atoms with Crippen molar-refractivity contribution in [2.75, 3.05) is 13.7 Å². The summed E-state index contributed by atoms with van der Waals surface area (Å²) < 4.78 is 6.96. The van der Waals surface area contributed by atoms with E-state index in [1.165, 1.54) is 18.0 Å². The number of halogens is 1. The number of aromatic amines is 1. The molecule has 2 heterocycles. The molecule has 1 aliphatic rings. The lowest BCUT2D eigenvalue weighted by Crippen LogP contribution is -2.30. The maximum Gasteiger partial charge on any atom is 0.259 e. The fraction of sp³-hybridized carbons (Fsp3) is 0.130. The summed E-state index contributed by atoms with van der Waals surface area (Å²) in [6, 6.07) is 9.44. The lowest BCUT2D eigenvalue weighted by Gasteiger charge is -2.16. The third-order valence-electron chi connectivity index (χ3n) is 4.71. The molecule has 2 aromatic heterocycles. The number of benzene rings is 1. The smallest absolute Gasteiger partial charge is 0.259 e. The van der Waals surface area contributed by atoms with Crippen molar-refractivity contribution >= 4 is 17.2 Å². The fourth-order valence-corrected chi connectivity index (χ4v) is 3.38. The second kappa shape index (κ2) is 9.55. The van der Waals surface area contributed by atoms with Gasteiger partial charge >= 0.3 is 0 Å². The zero-order chi connectivity index (χ0) is 21.6. The Bertz CT molecular complexity index is 1250. The van der Waals surface area contributed by atoms with Gasteiger partial charge < -0.3 is 4.74 Å². The normalized spacial score (nSPS) is 14.1. The van der Waals surface area contributed by atoms with Gasteiger partial charge in [0, 0.05) is 48.4 Å². The highest BCUT2D eigenvalue weighted by molar-refractivity contribution is 6.32. The number of hydrogen-bond donors (Lipinski definition) is 2. The van der Waals surface area contributed by atoms with Crippen LogP contribution in [0.5, 0.6) is 0 Å². The van der Waals surface area contributed by atoms with Crippen LogP contribution in [0.1, 0.15) is 17.4 Å². The average Bonchev–Trinajstić information content (AvgIpc) is 3.22. The molecule has 2 N–H and O–H groups in total. The Labute approximate surface area is 184 Å². The molecule has 4 rings (SSSR count). The van der Waals surface area contributed by atoms with Crippen LogP contribution < -0.4 is 10.9 Å². The number of rotatable bonds is 7. The summed E-state index contributed by atoms with van der Waals surface area (Å²) in [5.74, 6) is 0.337. The van der Waals surface area contributed by atoms with Crippen molar-refractivity contribution in [1.82, 2.24) is 25.1 Å². The molecular formula is C23H20ClN5O2. The summed E-state index contributed by atoms with van der Waals surface area (Å²) in [6.45, 7) is 0.440. The first-order chi connectivity index (χ1) is 15.2. The topological polar surface area (TPSA) is 84.8 Å². The number of H-pyrrole nitrogens is 1. The molecule has 0 spiro atoms. The summed E-state index contributed by atoms with van der Waals surface area (Å²) in [7, 11) is 1.53. The second-order valence-corrected chi connectivity index (χ2v) is 7.12. The van der Waals surface area contributed by atoms with Gasteiger partial charge in [-0.25, -0.2) is 9.67 Å². The monoisotopic (exact) mass is 433 g/mol. The lowest BCUT2D eigenvalue weighted by atomic mass is 10.0. The predicted octanol–water partition coefficient (Wildman–Crippen LogP) is 3.58. The minimum atomic E-state index is -0.634. The molecule has 31 heavy (non-hydrogen) atoms. The zero-order valence-corrected chi connectivity index (χ0v) is 17.5. The Kier molecular flexibility index (Phi) is 6.40. The molecule has 0 bridgehead atoms. The van der Waals surface area contributed by atoms with E-state index in [1.807, 2.05) is 48.6 Å². The van der Waals surface area contributed by atoms with E-state index in [1.54, 1.807) is 18.5 Å². The van der Waals surface area contributed by atoms with Gasteiger partial charge in [-0.1, -0.05) is 35.9 Å². The van der Waals surface area contributed by atoms with Gasteiger partial charge in [0.25, 0.3) is 5.56 Å². The highest BCUT2D eigenvalue weighted by Gasteiger charge is 2.16. The van der Waals surface area contributed by atoms with Gasteiger partial charge in [-0.2, -0.15) is 5.10 Å². The predicted molar refractivity (Wildman–Crippen MR) is 120 cm³/mol. The van der Waals surface area contributed by atoms with Gasteiger partial charge in [0.2, 0.25) is 5.95 Å². The minimum absolute atomic E-state index is 0.302. The van der Waals surface area contributed by atoms with E-state index >= 15 is 0 Å². The Morgan fingerprint density at radius 2 is 2.16 bits per heavy atom. The number of aromatic nitrogens is 4. The van der Waals surface area contributed by atoms with Crippen molar-refractivity contribution in [3.63, 3.8) is 0 Å². The fourth-order valence-electron chi connectivity index (χ4n) is 3.13. The van der Waals surface area contributed by atoms with Crippen LogP contribution in [-0.4, -0.2) is 33.4 Å². The van der Waals surface area contributed by atoms with E-state index in [9.17, 15) is 4.79 Å². The Morgan fingerprint density at radius 3 is 2.90 bits per heavy atom. The van der Waals surface area contributed by atoms with Gasteiger partial charge in [0.05, 0.1) is 5.56 Å². The van der Waals surface area contributed by atoms with Gasteiger partial charge in [-0.3, -0.25) is 15.1 Å². The maximum atomic E-state index is 12.6. The van der Waals surface area contributed by atoms with Crippen LogP contribution in [0, 0.1) is 0 Å². The minimum Gasteiger partial charge on any atom is -0.362 e. The first-order valence-electron chi connectivity index (χ1n) is 9.60. The summed E-state index contributed by atoms with van der Waals surface area (Å²) >= 11 is 6.31. The molecule has 7 nitrogen and oxygen atoms in total. The molecular weight excluding hydrogens is 414 g/mol. The quantitative estimate of drug-likeness (QED) is 0.439. The van der Waals surface area contributed by atoms with Crippen LogP contribution in [0.3, 0.4) is 0 Å². The van der Waals surface area contributed by atoms with Gasteiger partial charge in [-0.15, -0.1) is 5.73 Å². The van der Waals surface area contributed by atoms with Gasteiger partial charge in [0.15, 0.2) is 0 Å². The Balaban J connectivity index is 1.45. The number of hydrogen-bond acceptors (Lipinski definition) is 5. The van der Waals surface area contributed by atoms with Crippen LogP contribution in [0.15, 0.2) is 89.3 Å². The maximum absolute atomic E-state index is 12.6. The number of nitrogens with one attached hydrogen (secondary N) is 2. The number of methoxy groups -OCH3 is 1. The number of allylic oxidation sites excluding steroid dienone is 3. The van der Waals surface area contributed by atoms with Crippen molar-refractivity contribution < 1.29 is 4.74 Å². The lowest BCUT2D eigenvalue weighted by molar-refractivity contribution is 0.0751. The molecule has 1 atom stereocenters. The molecule has 0 fully saturated rings. The highest BCUT2D eigenvalue weighted by Crippen LogP contribution is 2.26. The van der Waals surface area contributed by atoms with Crippen LogP contribution in [0.4, 0.5) is 0 Å². The van der Waals surface area contributed by atoms with Crippen LogP contribution in [-0.2, 0) is 4.74 Å². The van der Waals surface area contributed by atoms with Crippen molar-refractivity contribution in [1.29, 1.82) is 0 Å². The Hall–Kier alpha value is -3.48. The number of ether oxygens (including phenoxy) is 1. The molecule has 0 aliphatic heterocycles. The molecule has 8 heteroatoms. The molecule has 3 aromatic rings. The molecule has 0 saturated carbocycles.